The Bertz CT molecular complexity index is 563. The standard InChI is InChI=1S/C13H14N2O4S2/c1-19-13(16)11(15(17)18)12-14(8-5-9-20-12)21-10-6-3-2-4-7-10/h2-4,6-7H,5,8-9H2,1H3/b12-11-. The first-order valence-corrected chi connectivity index (χ1v) is 7.99. The predicted octanol–water partition coefficient (Wildman–Crippen LogP) is 2.75. The third kappa shape index (κ3) is 3.92. The molecule has 6 nitrogen and oxygen atoms in total. The summed E-state index contributed by atoms with van der Waals surface area (Å²) in [4.78, 5) is 23.2. The van der Waals surface area contributed by atoms with Crippen molar-refractivity contribution in [3.8, 4) is 0 Å². The summed E-state index contributed by atoms with van der Waals surface area (Å²) in [5.41, 5.74) is -0.495. The fraction of sp³-hybridized carbons (Fsp3) is 0.308. The first-order valence-electron chi connectivity index (χ1n) is 6.24. The number of carbonyl (C=O) groups excluding carboxylic acids is 1. The van der Waals surface area contributed by atoms with E-state index < -0.39 is 16.6 Å². The van der Waals surface area contributed by atoms with Crippen LogP contribution in [-0.2, 0) is 9.53 Å². The Kier molecular flexibility index (Phi) is 5.51. The van der Waals surface area contributed by atoms with Gasteiger partial charge < -0.3 is 9.04 Å². The minimum Gasteiger partial charge on any atom is -0.461 e. The van der Waals surface area contributed by atoms with E-state index in [0.717, 1.165) is 24.2 Å². The summed E-state index contributed by atoms with van der Waals surface area (Å²) in [6.07, 6.45) is 0.903. The van der Waals surface area contributed by atoms with Crippen LogP contribution in [-0.4, -0.2) is 34.6 Å². The molecule has 0 spiro atoms. The molecule has 0 aliphatic carbocycles. The maximum atomic E-state index is 11.7. The molecule has 1 fully saturated rings. The Morgan fingerprint density at radius 1 is 1.43 bits per heavy atom. The number of benzene rings is 1. The van der Waals surface area contributed by atoms with Gasteiger partial charge in [-0.3, -0.25) is 10.1 Å². The SMILES string of the molecule is COC(=O)/C(=C1/SCCCN1Sc1ccccc1)[N+](=O)[O-]. The normalized spacial score (nSPS) is 17.3. The van der Waals surface area contributed by atoms with Gasteiger partial charge in [-0.25, -0.2) is 4.79 Å². The van der Waals surface area contributed by atoms with Crippen LogP contribution < -0.4 is 0 Å². The lowest BCUT2D eigenvalue weighted by molar-refractivity contribution is -0.422. The average Bonchev–Trinajstić information content (AvgIpc) is 2.49. The highest BCUT2D eigenvalue weighted by Gasteiger charge is 2.34. The quantitative estimate of drug-likeness (QED) is 0.277. The number of hydrogen-bond acceptors (Lipinski definition) is 7. The van der Waals surface area contributed by atoms with Crippen LogP contribution >= 0.6 is 23.7 Å². The second-order valence-electron chi connectivity index (χ2n) is 4.11. The number of rotatable bonds is 4. The zero-order valence-electron chi connectivity index (χ0n) is 11.4. The number of hydrogen-bond donors (Lipinski definition) is 0. The fourth-order valence-corrected chi connectivity index (χ4v) is 3.96. The third-order valence-electron chi connectivity index (χ3n) is 2.69. The molecule has 8 heteroatoms. The van der Waals surface area contributed by atoms with Gasteiger partial charge in [-0.1, -0.05) is 18.2 Å². The topological polar surface area (TPSA) is 72.7 Å². The molecule has 0 saturated carbocycles. The Hall–Kier alpha value is -1.67. The van der Waals surface area contributed by atoms with E-state index in [-0.39, 0.29) is 0 Å². The highest BCUT2D eigenvalue weighted by molar-refractivity contribution is 8.05. The van der Waals surface area contributed by atoms with Gasteiger partial charge in [0.1, 0.15) is 0 Å². The van der Waals surface area contributed by atoms with Gasteiger partial charge in [0.25, 0.3) is 0 Å². The van der Waals surface area contributed by atoms with Crippen LogP contribution in [0.5, 0.6) is 0 Å². The lowest BCUT2D eigenvalue weighted by atomic mass is 10.4. The summed E-state index contributed by atoms with van der Waals surface area (Å²) < 4.78 is 6.33. The van der Waals surface area contributed by atoms with Crippen molar-refractivity contribution in [1.29, 1.82) is 0 Å². The average molecular weight is 326 g/mol. The van der Waals surface area contributed by atoms with E-state index in [2.05, 4.69) is 4.74 Å². The van der Waals surface area contributed by atoms with Crippen molar-refractivity contribution in [2.75, 3.05) is 19.4 Å². The van der Waals surface area contributed by atoms with Crippen molar-refractivity contribution in [2.45, 2.75) is 11.3 Å². The fourth-order valence-electron chi connectivity index (χ4n) is 1.77. The van der Waals surface area contributed by atoms with Crippen LogP contribution in [0.2, 0.25) is 0 Å². The van der Waals surface area contributed by atoms with Crippen LogP contribution in [0.1, 0.15) is 6.42 Å². The Balaban J connectivity index is 2.33. The van der Waals surface area contributed by atoms with Crippen LogP contribution in [0.25, 0.3) is 0 Å². The number of thioether (sulfide) groups is 1. The monoisotopic (exact) mass is 326 g/mol. The van der Waals surface area contributed by atoms with Gasteiger partial charge in [-0.15, -0.1) is 11.8 Å². The molecule has 0 unspecified atom stereocenters. The summed E-state index contributed by atoms with van der Waals surface area (Å²) in [6.45, 7) is 0.649. The number of carbonyl (C=O) groups is 1. The van der Waals surface area contributed by atoms with E-state index in [9.17, 15) is 14.9 Å². The van der Waals surface area contributed by atoms with Crippen LogP contribution in [0.15, 0.2) is 46.0 Å². The molecule has 1 saturated heterocycles. The van der Waals surface area contributed by atoms with E-state index >= 15 is 0 Å². The summed E-state index contributed by atoms with van der Waals surface area (Å²) in [7, 11) is 1.15. The highest BCUT2D eigenvalue weighted by atomic mass is 32.2. The maximum absolute atomic E-state index is 11.7. The number of ether oxygens (including phenoxy) is 1. The van der Waals surface area contributed by atoms with Gasteiger partial charge in [0.15, 0.2) is 5.03 Å². The summed E-state index contributed by atoms with van der Waals surface area (Å²) in [6, 6.07) is 9.55. The van der Waals surface area contributed by atoms with E-state index in [1.54, 1.807) is 4.31 Å². The molecular formula is C13H14N2O4S2. The minimum absolute atomic E-state index is 0.354. The first-order chi connectivity index (χ1) is 10.1. The van der Waals surface area contributed by atoms with Crippen molar-refractivity contribution in [3.05, 3.63) is 51.2 Å². The number of nitrogens with zero attached hydrogens (tertiary/aromatic N) is 2. The van der Waals surface area contributed by atoms with Gasteiger partial charge in [0.2, 0.25) is 0 Å². The second-order valence-corrected chi connectivity index (χ2v) is 6.29. The second kappa shape index (κ2) is 7.37. The van der Waals surface area contributed by atoms with Gasteiger partial charge >= 0.3 is 11.7 Å². The van der Waals surface area contributed by atoms with Gasteiger partial charge in [0.05, 0.1) is 12.0 Å². The molecular weight excluding hydrogens is 312 g/mol. The van der Waals surface area contributed by atoms with Crippen molar-refractivity contribution in [3.63, 3.8) is 0 Å². The first kappa shape index (κ1) is 15.7. The zero-order valence-corrected chi connectivity index (χ0v) is 13.0. The lowest BCUT2D eigenvalue weighted by Gasteiger charge is -2.28. The minimum atomic E-state index is -0.914. The molecule has 1 aromatic rings. The predicted molar refractivity (Wildman–Crippen MR) is 82.1 cm³/mol. The van der Waals surface area contributed by atoms with E-state index in [4.69, 9.17) is 0 Å². The number of nitro groups is 1. The Morgan fingerprint density at radius 3 is 2.76 bits per heavy atom. The van der Waals surface area contributed by atoms with Gasteiger partial charge in [-0.05, 0) is 30.5 Å². The molecule has 1 heterocycles. The van der Waals surface area contributed by atoms with E-state index in [1.165, 1.54) is 23.7 Å². The molecule has 1 aliphatic rings. The summed E-state index contributed by atoms with van der Waals surface area (Å²) >= 11 is 2.70. The van der Waals surface area contributed by atoms with E-state index in [0.29, 0.717) is 11.6 Å². The molecule has 0 atom stereocenters. The summed E-state index contributed by atoms with van der Waals surface area (Å²) in [5, 5.41) is 11.5. The van der Waals surface area contributed by atoms with Gasteiger partial charge in [-0.2, -0.15) is 0 Å². The smallest absolute Gasteiger partial charge is 0.412 e. The van der Waals surface area contributed by atoms with Crippen molar-refractivity contribution in [2.24, 2.45) is 0 Å². The molecule has 0 amide bonds. The van der Waals surface area contributed by atoms with Crippen molar-refractivity contribution >= 4 is 29.7 Å². The van der Waals surface area contributed by atoms with Crippen molar-refractivity contribution < 1.29 is 14.5 Å². The Morgan fingerprint density at radius 2 is 2.14 bits per heavy atom. The molecule has 112 valence electrons. The highest BCUT2D eigenvalue weighted by Crippen LogP contribution is 2.38. The molecule has 2 rings (SSSR count). The Labute approximate surface area is 130 Å². The van der Waals surface area contributed by atoms with Crippen LogP contribution in [0.4, 0.5) is 0 Å². The van der Waals surface area contributed by atoms with Crippen LogP contribution in [0, 0.1) is 10.1 Å². The zero-order chi connectivity index (χ0) is 15.2. The molecule has 1 aliphatic heterocycles. The summed E-state index contributed by atoms with van der Waals surface area (Å²) in [5.74, 6) is -0.168. The molecule has 0 N–H and O–H groups in total. The number of esters is 1. The molecule has 0 radical (unpaired) electrons. The molecule has 0 aromatic heterocycles. The van der Waals surface area contributed by atoms with Crippen LogP contribution in [0.3, 0.4) is 0 Å². The largest absolute Gasteiger partial charge is 0.461 e. The molecule has 0 bridgehead atoms. The molecule has 21 heavy (non-hydrogen) atoms. The maximum Gasteiger partial charge on any atom is 0.412 e. The van der Waals surface area contributed by atoms with Crippen molar-refractivity contribution in [1.82, 2.24) is 4.31 Å². The van der Waals surface area contributed by atoms with Gasteiger partial charge in [0, 0.05) is 17.2 Å². The van der Waals surface area contributed by atoms with E-state index in [1.807, 2.05) is 30.3 Å². The number of methoxy groups -OCH3 is 1. The molecule has 1 aromatic carbocycles. The lowest BCUT2D eigenvalue weighted by Crippen LogP contribution is -2.26. The third-order valence-corrected chi connectivity index (χ3v) is 5.06.